The molecule has 0 atom stereocenters. The number of hydrogen-bond acceptors (Lipinski definition) is 8. The lowest BCUT2D eigenvalue weighted by atomic mass is 10.2. The van der Waals surface area contributed by atoms with E-state index in [-0.39, 0.29) is 0 Å². The minimum atomic E-state index is 0.438. The number of rotatable bonds is 9. The minimum absolute atomic E-state index is 0.438. The smallest absolute Gasteiger partial charge is 0.203 e. The number of fused-ring (bicyclic) bond motifs is 1. The van der Waals surface area contributed by atoms with Crippen LogP contribution in [0.25, 0.3) is 17.2 Å². The van der Waals surface area contributed by atoms with Gasteiger partial charge in [-0.15, -0.1) is 10.2 Å². The van der Waals surface area contributed by atoms with E-state index in [9.17, 15) is 0 Å². The molecular weight excluding hydrogens is 454 g/mol. The monoisotopic (exact) mass is 473 g/mol. The van der Waals surface area contributed by atoms with E-state index in [1.165, 1.54) is 0 Å². The zero-order valence-electron chi connectivity index (χ0n) is 18.0. The first kappa shape index (κ1) is 21.6. The van der Waals surface area contributed by atoms with Crippen LogP contribution in [0.2, 0.25) is 5.02 Å². The van der Waals surface area contributed by atoms with Crippen molar-refractivity contribution in [2.45, 2.75) is 6.54 Å². The lowest BCUT2D eigenvalue weighted by Crippen LogP contribution is -2.09. The molecule has 3 aromatic heterocycles. The van der Waals surface area contributed by atoms with E-state index < -0.39 is 0 Å². The number of nitrogens with zero attached hydrogens (tertiary/aromatic N) is 6. The highest BCUT2D eigenvalue weighted by molar-refractivity contribution is 6.30. The van der Waals surface area contributed by atoms with Gasteiger partial charge in [-0.25, -0.2) is 9.97 Å². The summed E-state index contributed by atoms with van der Waals surface area (Å²) in [5, 5.41) is 12.5. The first-order chi connectivity index (χ1) is 16.8. The summed E-state index contributed by atoms with van der Waals surface area (Å²) in [4.78, 5) is 12.8. The summed E-state index contributed by atoms with van der Waals surface area (Å²) in [6.07, 6.45) is 8.38. The average Bonchev–Trinajstić information content (AvgIpc) is 3.33. The summed E-state index contributed by atoms with van der Waals surface area (Å²) < 4.78 is 13.2. The van der Waals surface area contributed by atoms with Crippen molar-refractivity contribution in [3.63, 3.8) is 0 Å². The largest absolute Gasteiger partial charge is 0.490 e. The van der Waals surface area contributed by atoms with Gasteiger partial charge in [0.15, 0.2) is 11.6 Å². The lowest BCUT2D eigenvalue weighted by Gasteiger charge is -2.10. The van der Waals surface area contributed by atoms with Gasteiger partial charge in [0.05, 0.1) is 6.20 Å². The highest BCUT2D eigenvalue weighted by atomic mass is 35.5. The predicted molar refractivity (Wildman–Crippen MR) is 128 cm³/mol. The molecule has 0 radical (unpaired) electrons. The van der Waals surface area contributed by atoms with Gasteiger partial charge >= 0.3 is 0 Å². The Kier molecular flexibility index (Phi) is 6.44. The Morgan fingerprint density at radius 1 is 0.824 bits per heavy atom. The summed E-state index contributed by atoms with van der Waals surface area (Å²) in [5.41, 5.74) is 2.33. The summed E-state index contributed by atoms with van der Waals surface area (Å²) in [5.74, 6) is 2.77. The Labute approximate surface area is 200 Å². The molecule has 0 amide bonds. The molecule has 1 N–H and O–H groups in total. The zero-order chi connectivity index (χ0) is 23.2. The van der Waals surface area contributed by atoms with Crippen molar-refractivity contribution >= 4 is 23.1 Å². The summed E-state index contributed by atoms with van der Waals surface area (Å²) in [6.45, 7) is 1.45. The Hall–Kier alpha value is -4.24. The van der Waals surface area contributed by atoms with Gasteiger partial charge in [0.1, 0.15) is 30.4 Å². The van der Waals surface area contributed by atoms with E-state index in [0.29, 0.717) is 47.8 Å². The number of benzene rings is 2. The maximum Gasteiger partial charge on any atom is 0.203 e. The Balaban J connectivity index is 1.16. The molecule has 0 saturated carbocycles. The number of hydrogen-bond donors (Lipinski definition) is 1. The Morgan fingerprint density at radius 3 is 2.26 bits per heavy atom. The molecule has 2 aromatic carbocycles. The first-order valence-corrected chi connectivity index (χ1v) is 10.9. The van der Waals surface area contributed by atoms with Crippen LogP contribution in [0, 0.1) is 0 Å². The Bertz CT molecular complexity index is 1360. The number of aromatic nitrogens is 6. The maximum absolute atomic E-state index is 5.87. The van der Waals surface area contributed by atoms with Gasteiger partial charge in [0.2, 0.25) is 5.65 Å². The summed E-state index contributed by atoms with van der Waals surface area (Å²) >= 11 is 5.87. The zero-order valence-corrected chi connectivity index (χ0v) is 18.8. The molecule has 0 saturated heterocycles. The van der Waals surface area contributed by atoms with Crippen molar-refractivity contribution in [2.75, 3.05) is 18.5 Å². The SMILES string of the molecule is Clc1ccc(OCCOc2ccc(CNc3nccn4c(-c5cnccn5)nnc34)cc2)cc1. The number of nitrogens with one attached hydrogen (secondary N) is 1. The van der Waals surface area contributed by atoms with Gasteiger partial charge in [-0.05, 0) is 42.0 Å². The van der Waals surface area contributed by atoms with Crippen LogP contribution in [0.5, 0.6) is 11.5 Å². The van der Waals surface area contributed by atoms with Crippen molar-refractivity contribution < 1.29 is 9.47 Å². The summed E-state index contributed by atoms with van der Waals surface area (Å²) in [6, 6.07) is 15.1. The third kappa shape index (κ3) is 5.05. The van der Waals surface area contributed by atoms with Gasteiger partial charge in [-0.2, -0.15) is 0 Å². The summed E-state index contributed by atoms with van der Waals surface area (Å²) in [7, 11) is 0. The third-order valence-electron chi connectivity index (χ3n) is 4.94. The van der Waals surface area contributed by atoms with Crippen molar-refractivity contribution in [2.24, 2.45) is 0 Å². The van der Waals surface area contributed by atoms with Crippen LogP contribution in [0.1, 0.15) is 5.56 Å². The standard InChI is InChI=1S/C24H20ClN7O2/c25-18-3-7-20(8-4-18)34-14-13-33-19-5-1-17(2-6-19)15-29-22-24-31-30-23(32(24)12-11-28-22)21-16-26-9-10-27-21/h1-12,16H,13-15H2,(H,28,29). The third-order valence-corrected chi connectivity index (χ3v) is 5.19. The molecule has 5 rings (SSSR count). The van der Waals surface area contributed by atoms with Crippen LogP contribution in [0.3, 0.4) is 0 Å². The van der Waals surface area contributed by atoms with Crippen LogP contribution in [0.15, 0.2) is 79.5 Å². The number of anilines is 1. The van der Waals surface area contributed by atoms with E-state index >= 15 is 0 Å². The minimum Gasteiger partial charge on any atom is -0.490 e. The fraction of sp³-hybridized carbons (Fsp3) is 0.125. The highest BCUT2D eigenvalue weighted by Gasteiger charge is 2.13. The van der Waals surface area contributed by atoms with E-state index in [2.05, 4.69) is 30.5 Å². The van der Waals surface area contributed by atoms with Gasteiger partial charge in [0.25, 0.3) is 0 Å². The van der Waals surface area contributed by atoms with Crippen molar-refractivity contribution in [3.8, 4) is 23.0 Å². The quantitative estimate of drug-likeness (QED) is 0.316. The molecule has 9 nitrogen and oxygen atoms in total. The molecule has 34 heavy (non-hydrogen) atoms. The topological polar surface area (TPSA) is 99.4 Å². The molecule has 5 aromatic rings. The Morgan fingerprint density at radius 2 is 1.56 bits per heavy atom. The van der Waals surface area contributed by atoms with Gasteiger partial charge < -0.3 is 14.8 Å². The molecule has 0 fully saturated rings. The number of ether oxygens (including phenoxy) is 2. The average molecular weight is 474 g/mol. The van der Waals surface area contributed by atoms with Crippen molar-refractivity contribution in [1.82, 2.24) is 29.5 Å². The fourth-order valence-corrected chi connectivity index (χ4v) is 3.41. The van der Waals surface area contributed by atoms with Crippen LogP contribution < -0.4 is 14.8 Å². The van der Waals surface area contributed by atoms with E-state index in [4.69, 9.17) is 21.1 Å². The maximum atomic E-state index is 5.87. The van der Waals surface area contributed by atoms with E-state index in [0.717, 1.165) is 17.1 Å². The van der Waals surface area contributed by atoms with Crippen LogP contribution >= 0.6 is 11.6 Å². The molecular formula is C24H20ClN7O2. The molecule has 0 aliphatic rings. The second-order valence-electron chi connectivity index (χ2n) is 7.23. The second-order valence-corrected chi connectivity index (χ2v) is 7.67. The first-order valence-electron chi connectivity index (χ1n) is 10.6. The lowest BCUT2D eigenvalue weighted by molar-refractivity contribution is 0.217. The van der Waals surface area contributed by atoms with E-state index in [1.807, 2.05) is 40.8 Å². The molecule has 3 heterocycles. The van der Waals surface area contributed by atoms with Crippen LogP contribution in [0.4, 0.5) is 5.82 Å². The molecule has 0 aliphatic heterocycles. The van der Waals surface area contributed by atoms with Crippen molar-refractivity contribution in [3.05, 3.63) is 90.1 Å². The highest BCUT2D eigenvalue weighted by Crippen LogP contribution is 2.20. The molecule has 0 bridgehead atoms. The number of halogens is 1. The van der Waals surface area contributed by atoms with Gasteiger partial charge in [0, 0.05) is 36.4 Å². The molecule has 0 aliphatic carbocycles. The molecule has 0 unspecified atom stereocenters. The van der Waals surface area contributed by atoms with Crippen LogP contribution in [-0.4, -0.2) is 42.8 Å². The second kappa shape index (κ2) is 10.1. The van der Waals surface area contributed by atoms with Crippen LogP contribution in [-0.2, 0) is 6.54 Å². The molecule has 170 valence electrons. The van der Waals surface area contributed by atoms with Crippen molar-refractivity contribution in [1.29, 1.82) is 0 Å². The fourth-order valence-electron chi connectivity index (χ4n) is 3.28. The normalized spacial score (nSPS) is 10.9. The van der Waals surface area contributed by atoms with E-state index in [1.54, 1.807) is 43.1 Å². The van der Waals surface area contributed by atoms with Gasteiger partial charge in [-0.3, -0.25) is 9.38 Å². The molecule has 10 heteroatoms. The predicted octanol–water partition coefficient (Wildman–Crippen LogP) is 4.30. The molecule has 0 spiro atoms. The van der Waals surface area contributed by atoms with Gasteiger partial charge in [-0.1, -0.05) is 23.7 Å².